The third kappa shape index (κ3) is 5.91. The van der Waals surface area contributed by atoms with Crippen molar-refractivity contribution in [2.75, 3.05) is 38.6 Å². The zero-order chi connectivity index (χ0) is 15.7. The Morgan fingerprint density at radius 3 is 2.52 bits per heavy atom. The number of nitrogen functional groups attached to an aromatic ring is 1. The van der Waals surface area contributed by atoms with Crippen LogP contribution in [0.1, 0.15) is 39.0 Å². The molecule has 0 aromatic heterocycles. The van der Waals surface area contributed by atoms with Crippen molar-refractivity contribution in [3.05, 3.63) is 23.8 Å². The summed E-state index contributed by atoms with van der Waals surface area (Å²) in [5, 5.41) is 10.2. The van der Waals surface area contributed by atoms with Crippen molar-refractivity contribution in [3.63, 3.8) is 0 Å². The molecule has 0 aliphatic heterocycles. The molecule has 0 radical (unpaired) electrons. The summed E-state index contributed by atoms with van der Waals surface area (Å²) in [4.78, 5) is 2.24. The molecule has 3 N–H and O–H groups in total. The third-order valence-corrected chi connectivity index (χ3v) is 3.34. The number of hydrogen-bond donors (Lipinski definition) is 2. The van der Waals surface area contributed by atoms with Crippen LogP contribution in [0.5, 0.6) is 5.75 Å². The molecule has 1 unspecified atom stereocenters. The molecule has 1 rings (SSSR count). The van der Waals surface area contributed by atoms with E-state index in [4.69, 9.17) is 15.2 Å². The lowest BCUT2D eigenvalue weighted by Crippen LogP contribution is -2.27. The second-order valence-electron chi connectivity index (χ2n) is 4.90. The molecular weight excluding hydrogens is 268 g/mol. The summed E-state index contributed by atoms with van der Waals surface area (Å²) in [7, 11) is 0. The number of aliphatic hydroxyl groups excluding tert-OH is 1. The molecule has 0 fully saturated rings. The van der Waals surface area contributed by atoms with Gasteiger partial charge in [-0.05, 0) is 31.6 Å². The van der Waals surface area contributed by atoms with Gasteiger partial charge in [-0.2, -0.15) is 0 Å². The van der Waals surface area contributed by atoms with Crippen molar-refractivity contribution in [1.82, 2.24) is 4.90 Å². The first-order chi connectivity index (χ1) is 10.1. The molecule has 5 heteroatoms. The van der Waals surface area contributed by atoms with Gasteiger partial charge in [-0.1, -0.05) is 20.8 Å². The Balaban J connectivity index is 2.61. The molecule has 120 valence electrons. The van der Waals surface area contributed by atoms with E-state index in [9.17, 15) is 5.11 Å². The normalized spacial score (nSPS) is 12.6. The maximum absolute atomic E-state index is 10.2. The van der Waals surface area contributed by atoms with Gasteiger partial charge in [0.05, 0.1) is 13.2 Å². The average molecular weight is 296 g/mol. The highest BCUT2D eigenvalue weighted by molar-refractivity contribution is 5.48. The van der Waals surface area contributed by atoms with Crippen molar-refractivity contribution in [2.24, 2.45) is 0 Å². The van der Waals surface area contributed by atoms with Gasteiger partial charge in [0.2, 0.25) is 0 Å². The van der Waals surface area contributed by atoms with E-state index < -0.39 is 6.29 Å². The first-order valence-electron chi connectivity index (χ1n) is 7.66. The number of ether oxygens (including phenoxy) is 2. The lowest BCUT2D eigenvalue weighted by Gasteiger charge is -2.20. The summed E-state index contributed by atoms with van der Waals surface area (Å²) in [6.07, 6.45) is -0.0966. The summed E-state index contributed by atoms with van der Waals surface area (Å²) in [6.45, 7) is 10.1. The monoisotopic (exact) mass is 296 g/mol. The summed E-state index contributed by atoms with van der Waals surface area (Å²) in [5.41, 5.74) is 7.00. The molecule has 0 saturated carbocycles. The minimum atomic E-state index is -0.993. The zero-order valence-corrected chi connectivity index (χ0v) is 13.3. The summed E-state index contributed by atoms with van der Waals surface area (Å²) in [5.74, 6) is 0.590. The molecule has 5 nitrogen and oxygen atoms in total. The predicted octanol–water partition coefficient (Wildman–Crippen LogP) is 2.41. The lowest BCUT2D eigenvalue weighted by atomic mass is 10.1. The van der Waals surface area contributed by atoms with Crippen molar-refractivity contribution >= 4 is 5.69 Å². The maximum atomic E-state index is 10.2. The molecule has 0 heterocycles. The van der Waals surface area contributed by atoms with Crippen molar-refractivity contribution in [3.8, 4) is 5.75 Å². The van der Waals surface area contributed by atoms with Crippen LogP contribution in [-0.4, -0.2) is 42.9 Å². The van der Waals surface area contributed by atoms with E-state index in [2.05, 4.69) is 18.7 Å². The number of anilines is 1. The molecule has 0 bridgehead atoms. The summed E-state index contributed by atoms with van der Waals surface area (Å²) in [6, 6.07) is 5.22. The van der Waals surface area contributed by atoms with Gasteiger partial charge in [-0.3, -0.25) is 0 Å². The van der Waals surface area contributed by atoms with Crippen LogP contribution in [0.15, 0.2) is 18.2 Å². The zero-order valence-electron chi connectivity index (χ0n) is 13.3. The van der Waals surface area contributed by atoms with Crippen LogP contribution >= 0.6 is 0 Å². The van der Waals surface area contributed by atoms with Crippen LogP contribution in [0.4, 0.5) is 5.69 Å². The molecule has 1 atom stereocenters. The van der Waals surface area contributed by atoms with Crippen LogP contribution < -0.4 is 10.5 Å². The highest BCUT2D eigenvalue weighted by atomic mass is 16.6. The molecule has 0 spiro atoms. The van der Waals surface area contributed by atoms with Gasteiger partial charge in [0, 0.05) is 23.9 Å². The Labute approximate surface area is 127 Å². The fourth-order valence-electron chi connectivity index (χ4n) is 2.02. The van der Waals surface area contributed by atoms with Crippen LogP contribution in [0, 0.1) is 0 Å². The topological polar surface area (TPSA) is 68.0 Å². The Morgan fingerprint density at radius 1 is 1.19 bits per heavy atom. The predicted molar refractivity (Wildman–Crippen MR) is 85.3 cm³/mol. The molecule has 0 aliphatic carbocycles. The fourth-order valence-corrected chi connectivity index (χ4v) is 2.02. The minimum Gasteiger partial charge on any atom is -0.493 e. The number of benzene rings is 1. The second-order valence-corrected chi connectivity index (χ2v) is 4.90. The Morgan fingerprint density at radius 2 is 1.90 bits per heavy atom. The van der Waals surface area contributed by atoms with E-state index in [-0.39, 0.29) is 0 Å². The number of likely N-dealkylation sites (N-methyl/N-ethyl adjacent to an activating group) is 1. The van der Waals surface area contributed by atoms with Crippen LogP contribution in [0.2, 0.25) is 0 Å². The van der Waals surface area contributed by atoms with E-state index in [0.29, 0.717) is 30.2 Å². The van der Waals surface area contributed by atoms with E-state index in [0.717, 1.165) is 26.1 Å². The quantitative estimate of drug-likeness (QED) is 0.512. The third-order valence-electron chi connectivity index (χ3n) is 3.34. The highest BCUT2D eigenvalue weighted by Crippen LogP contribution is 2.28. The molecule has 0 aliphatic rings. The molecule has 1 aromatic carbocycles. The van der Waals surface area contributed by atoms with E-state index in [1.807, 2.05) is 6.92 Å². The van der Waals surface area contributed by atoms with Gasteiger partial charge in [-0.25, -0.2) is 0 Å². The second kappa shape index (κ2) is 9.60. The van der Waals surface area contributed by atoms with Crippen LogP contribution in [-0.2, 0) is 4.74 Å². The van der Waals surface area contributed by atoms with Crippen molar-refractivity contribution < 1.29 is 14.6 Å². The van der Waals surface area contributed by atoms with Gasteiger partial charge in [0.1, 0.15) is 5.75 Å². The summed E-state index contributed by atoms with van der Waals surface area (Å²) >= 11 is 0. The Bertz CT molecular complexity index is 409. The fraction of sp³-hybridized carbons (Fsp3) is 0.625. The van der Waals surface area contributed by atoms with Gasteiger partial charge in [0.15, 0.2) is 6.29 Å². The number of rotatable bonds is 10. The Kier molecular flexibility index (Phi) is 8.12. The van der Waals surface area contributed by atoms with E-state index >= 15 is 0 Å². The average Bonchev–Trinajstić information content (AvgIpc) is 2.49. The SMILES string of the molecule is CCCOc1cc(N)ccc1C(O)OCCN(CC)CC. The Hall–Kier alpha value is -1.30. The smallest absolute Gasteiger partial charge is 0.184 e. The number of nitrogens with zero attached hydrogens (tertiary/aromatic N) is 1. The first-order valence-corrected chi connectivity index (χ1v) is 7.66. The number of hydrogen-bond acceptors (Lipinski definition) is 5. The molecule has 1 aromatic rings. The van der Waals surface area contributed by atoms with E-state index in [1.54, 1.807) is 18.2 Å². The maximum Gasteiger partial charge on any atom is 0.184 e. The van der Waals surface area contributed by atoms with Gasteiger partial charge in [0.25, 0.3) is 0 Å². The van der Waals surface area contributed by atoms with Crippen molar-refractivity contribution in [1.29, 1.82) is 0 Å². The highest BCUT2D eigenvalue weighted by Gasteiger charge is 2.15. The van der Waals surface area contributed by atoms with Gasteiger partial charge >= 0.3 is 0 Å². The molecular formula is C16H28N2O3. The summed E-state index contributed by atoms with van der Waals surface area (Å²) < 4.78 is 11.1. The molecule has 21 heavy (non-hydrogen) atoms. The van der Waals surface area contributed by atoms with Crippen LogP contribution in [0.25, 0.3) is 0 Å². The largest absolute Gasteiger partial charge is 0.493 e. The lowest BCUT2D eigenvalue weighted by molar-refractivity contribution is -0.107. The minimum absolute atomic E-state index is 0.473. The van der Waals surface area contributed by atoms with Gasteiger partial charge < -0.3 is 25.2 Å². The first kappa shape index (κ1) is 17.8. The molecule has 0 amide bonds. The standard InChI is InChI=1S/C16H28N2O3/c1-4-10-20-15-12-13(17)7-8-14(15)16(19)21-11-9-18(5-2)6-3/h7-8,12,16,19H,4-6,9-11,17H2,1-3H3. The number of aliphatic hydroxyl groups is 1. The molecule has 0 saturated heterocycles. The van der Waals surface area contributed by atoms with Gasteiger partial charge in [-0.15, -0.1) is 0 Å². The van der Waals surface area contributed by atoms with Crippen molar-refractivity contribution in [2.45, 2.75) is 33.5 Å². The van der Waals surface area contributed by atoms with Crippen LogP contribution in [0.3, 0.4) is 0 Å². The number of nitrogens with two attached hydrogens (primary N) is 1. The van der Waals surface area contributed by atoms with E-state index in [1.165, 1.54) is 0 Å².